The van der Waals surface area contributed by atoms with Crippen LogP contribution in [0.2, 0.25) is 5.02 Å². The lowest BCUT2D eigenvalue weighted by Crippen LogP contribution is -2.24. The van der Waals surface area contributed by atoms with E-state index in [2.05, 4.69) is 0 Å². The van der Waals surface area contributed by atoms with Gasteiger partial charge in [-0.15, -0.1) is 0 Å². The second kappa shape index (κ2) is 6.27. The molecule has 0 N–H and O–H groups in total. The molecular weight excluding hydrogens is 289 g/mol. The Hall–Kier alpha value is -1.87. The number of rotatable bonds is 4. The maximum atomic E-state index is 13.9. The van der Waals surface area contributed by atoms with Gasteiger partial charge >= 0.3 is 0 Å². The average molecular weight is 306 g/mol. The summed E-state index contributed by atoms with van der Waals surface area (Å²) in [5, 5.41) is 0.651. The van der Waals surface area contributed by atoms with E-state index >= 15 is 0 Å². The number of carbonyl (C=O) groups is 1. The van der Waals surface area contributed by atoms with Crippen molar-refractivity contribution in [1.82, 2.24) is 0 Å². The molecule has 0 spiro atoms. The molecule has 1 atom stereocenters. The molecule has 1 unspecified atom stereocenters. The lowest BCUT2D eigenvalue weighted by Gasteiger charge is -2.29. The van der Waals surface area contributed by atoms with Crippen LogP contribution in [-0.4, -0.2) is 12.8 Å². The van der Waals surface area contributed by atoms with Gasteiger partial charge in [0.2, 0.25) is 0 Å². The molecule has 2 aromatic carbocycles. The van der Waals surface area contributed by atoms with Gasteiger partial charge in [-0.3, -0.25) is 4.79 Å². The van der Waals surface area contributed by atoms with E-state index < -0.39 is 5.82 Å². The van der Waals surface area contributed by atoms with Crippen LogP contribution in [0, 0.1) is 5.82 Å². The lowest BCUT2D eigenvalue weighted by atomic mass is 10.0. The molecule has 110 valence electrons. The SMILES string of the molecule is CC(=O)c1c(F)cccc1N(C)C(C)c1ccccc1Cl. The molecule has 0 aliphatic heterocycles. The molecule has 0 radical (unpaired) electrons. The fraction of sp³-hybridized carbons (Fsp3) is 0.235. The Morgan fingerprint density at radius 2 is 1.86 bits per heavy atom. The van der Waals surface area contributed by atoms with Crippen molar-refractivity contribution in [3.8, 4) is 0 Å². The van der Waals surface area contributed by atoms with Gasteiger partial charge in [0.1, 0.15) is 5.82 Å². The summed E-state index contributed by atoms with van der Waals surface area (Å²) >= 11 is 6.22. The van der Waals surface area contributed by atoms with E-state index in [4.69, 9.17) is 11.6 Å². The number of hydrogen-bond acceptors (Lipinski definition) is 2. The molecule has 0 saturated heterocycles. The minimum Gasteiger partial charge on any atom is -0.367 e. The van der Waals surface area contributed by atoms with Crippen molar-refractivity contribution in [2.45, 2.75) is 19.9 Å². The van der Waals surface area contributed by atoms with E-state index in [1.807, 2.05) is 43.1 Å². The predicted molar refractivity (Wildman–Crippen MR) is 84.7 cm³/mol. The quantitative estimate of drug-likeness (QED) is 0.750. The molecule has 0 aromatic heterocycles. The molecule has 0 fully saturated rings. The van der Waals surface area contributed by atoms with E-state index in [0.717, 1.165) is 5.56 Å². The molecule has 0 bridgehead atoms. The Labute approximate surface area is 129 Å². The second-order valence-electron chi connectivity index (χ2n) is 5.00. The van der Waals surface area contributed by atoms with Crippen LogP contribution in [-0.2, 0) is 0 Å². The van der Waals surface area contributed by atoms with Gasteiger partial charge in [0.25, 0.3) is 0 Å². The summed E-state index contributed by atoms with van der Waals surface area (Å²) in [4.78, 5) is 13.6. The van der Waals surface area contributed by atoms with E-state index in [1.54, 1.807) is 12.1 Å². The van der Waals surface area contributed by atoms with Crippen molar-refractivity contribution in [2.75, 3.05) is 11.9 Å². The van der Waals surface area contributed by atoms with Gasteiger partial charge in [0, 0.05) is 12.1 Å². The molecule has 21 heavy (non-hydrogen) atoms. The number of benzene rings is 2. The topological polar surface area (TPSA) is 20.3 Å². The molecule has 0 heterocycles. The predicted octanol–water partition coefficient (Wildman–Crippen LogP) is 4.88. The van der Waals surface area contributed by atoms with Gasteiger partial charge in [-0.05, 0) is 37.6 Å². The molecule has 0 aliphatic carbocycles. The van der Waals surface area contributed by atoms with Crippen molar-refractivity contribution in [3.05, 3.63) is 64.4 Å². The van der Waals surface area contributed by atoms with Crippen LogP contribution in [0.1, 0.15) is 35.8 Å². The van der Waals surface area contributed by atoms with Gasteiger partial charge in [0.05, 0.1) is 17.3 Å². The van der Waals surface area contributed by atoms with E-state index in [1.165, 1.54) is 13.0 Å². The van der Waals surface area contributed by atoms with Crippen molar-refractivity contribution < 1.29 is 9.18 Å². The van der Waals surface area contributed by atoms with Crippen LogP contribution in [0.5, 0.6) is 0 Å². The van der Waals surface area contributed by atoms with Gasteiger partial charge in [-0.2, -0.15) is 0 Å². The molecule has 4 heteroatoms. The first-order chi connectivity index (χ1) is 9.93. The Kier molecular flexibility index (Phi) is 4.63. The zero-order valence-electron chi connectivity index (χ0n) is 12.2. The fourth-order valence-electron chi connectivity index (χ4n) is 2.39. The number of carbonyl (C=O) groups excluding carboxylic acids is 1. The smallest absolute Gasteiger partial charge is 0.164 e. The minimum atomic E-state index is -0.502. The number of nitrogens with zero attached hydrogens (tertiary/aromatic N) is 1. The molecule has 2 rings (SSSR count). The molecule has 0 aliphatic rings. The Bertz CT molecular complexity index is 672. The number of halogens is 2. The van der Waals surface area contributed by atoms with Gasteiger partial charge in [-0.25, -0.2) is 4.39 Å². The third kappa shape index (κ3) is 3.08. The van der Waals surface area contributed by atoms with Crippen LogP contribution in [0.3, 0.4) is 0 Å². The van der Waals surface area contributed by atoms with Crippen LogP contribution < -0.4 is 4.90 Å². The monoisotopic (exact) mass is 305 g/mol. The summed E-state index contributed by atoms with van der Waals surface area (Å²) in [5.41, 5.74) is 1.61. The largest absolute Gasteiger partial charge is 0.367 e. The highest BCUT2D eigenvalue weighted by Crippen LogP contribution is 2.32. The molecule has 0 amide bonds. The number of hydrogen-bond donors (Lipinski definition) is 0. The number of Topliss-reactive ketones (excluding diaryl/α,β-unsaturated/α-hetero) is 1. The maximum absolute atomic E-state index is 13.9. The number of anilines is 1. The van der Waals surface area contributed by atoms with E-state index in [-0.39, 0.29) is 17.4 Å². The average Bonchev–Trinajstić information content (AvgIpc) is 2.45. The summed E-state index contributed by atoms with van der Waals surface area (Å²) in [5.74, 6) is -0.792. The summed E-state index contributed by atoms with van der Waals surface area (Å²) in [6.45, 7) is 3.34. The zero-order chi connectivity index (χ0) is 15.6. The van der Waals surface area contributed by atoms with Crippen LogP contribution in [0.4, 0.5) is 10.1 Å². The Morgan fingerprint density at radius 3 is 2.48 bits per heavy atom. The van der Waals surface area contributed by atoms with Crippen molar-refractivity contribution in [3.63, 3.8) is 0 Å². The minimum absolute atomic E-state index is 0.0846. The lowest BCUT2D eigenvalue weighted by molar-refractivity contribution is 0.101. The van der Waals surface area contributed by atoms with Gasteiger partial charge in [-0.1, -0.05) is 35.9 Å². The summed E-state index contributed by atoms with van der Waals surface area (Å²) < 4.78 is 13.9. The highest BCUT2D eigenvalue weighted by Gasteiger charge is 2.21. The second-order valence-corrected chi connectivity index (χ2v) is 5.41. The Morgan fingerprint density at radius 1 is 1.19 bits per heavy atom. The first-order valence-corrected chi connectivity index (χ1v) is 7.08. The number of ketones is 1. The van der Waals surface area contributed by atoms with E-state index in [9.17, 15) is 9.18 Å². The third-order valence-corrected chi connectivity index (χ3v) is 4.00. The summed E-state index contributed by atoms with van der Waals surface area (Å²) in [6.07, 6.45) is 0. The highest BCUT2D eigenvalue weighted by molar-refractivity contribution is 6.31. The molecule has 2 aromatic rings. The highest BCUT2D eigenvalue weighted by atomic mass is 35.5. The van der Waals surface area contributed by atoms with Gasteiger partial charge < -0.3 is 4.90 Å². The first kappa shape index (κ1) is 15.5. The third-order valence-electron chi connectivity index (χ3n) is 3.66. The van der Waals surface area contributed by atoms with Crippen LogP contribution in [0.15, 0.2) is 42.5 Å². The standard InChI is InChI=1S/C17H17ClFNO/c1-11(13-7-4-5-8-14(13)18)20(3)16-10-6-9-15(19)17(16)12(2)21/h4-11H,1-3H3. The summed E-state index contributed by atoms with van der Waals surface area (Å²) in [6, 6.07) is 12.1. The van der Waals surface area contributed by atoms with Crippen LogP contribution in [0.25, 0.3) is 0 Å². The first-order valence-electron chi connectivity index (χ1n) is 6.70. The molecular formula is C17H17ClFNO. The van der Waals surface area contributed by atoms with Crippen molar-refractivity contribution in [1.29, 1.82) is 0 Å². The Balaban J connectivity index is 2.46. The van der Waals surface area contributed by atoms with Crippen LogP contribution >= 0.6 is 11.6 Å². The normalized spacial score (nSPS) is 12.0. The van der Waals surface area contributed by atoms with Crippen molar-refractivity contribution >= 4 is 23.1 Å². The van der Waals surface area contributed by atoms with Crippen molar-refractivity contribution in [2.24, 2.45) is 0 Å². The fourth-order valence-corrected chi connectivity index (χ4v) is 2.68. The zero-order valence-corrected chi connectivity index (χ0v) is 13.0. The molecule has 2 nitrogen and oxygen atoms in total. The molecule has 0 saturated carbocycles. The summed E-state index contributed by atoms with van der Waals surface area (Å²) in [7, 11) is 1.83. The maximum Gasteiger partial charge on any atom is 0.164 e. The van der Waals surface area contributed by atoms with E-state index in [0.29, 0.717) is 10.7 Å². The van der Waals surface area contributed by atoms with Gasteiger partial charge in [0.15, 0.2) is 5.78 Å².